The average Bonchev–Trinajstić information content (AvgIpc) is 2.73. The van der Waals surface area contributed by atoms with Gasteiger partial charge in [0.15, 0.2) is 0 Å². The predicted molar refractivity (Wildman–Crippen MR) is 58.4 cm³/mol. The molecule has 8 nitrogen and oxygen atoms in total. The monoisotopic (exact) mass is 311 g/mol. The number of aromatic nitrogens is 2. The van der Waals surface area contributed by atoms with Gasteiger partial charge >= 0.3 is 21.3 Å². The van der Waals surface area contributed by atoms with Crippen molar-refractivity contribution in [3.63, 3.8) is 0 Å². The number of nitrogens with zero attached hydrogens (tertiary/aromatic N) is 2. The maximum atomic E-state index is 12.2. The van der Waals surface area contributed by atoms with Gasteiger partial charge in [0, 0.05) is 5.39 Å². The lowest BCUT2D eigenvalue weighted by Gasteiger charge is -2.09. The summed E-state index contributed by atoms with van der Waals surface area (Å²) in [4.78, 5) is 9.80. The van der Waals surface area contributed by atoms with E-state index >= 15 is 0 Å². The van der Waals surface area contributed by atoms with Crippen molar-refractivity contribution in [1.29, 1.82) is 0 Å². The van der Waals surface area contributed by atoms with Gasteiger partial charge in [-0.1, -0.05) is 0 Å². The van der Waals surface area contributed by atoms with Crippen molar-refractivity contribution in [2.75, 3.05) is 0 Å². The highest BCUT2D eigenvalue weighted by Gasteiger charge is 2.49. The molecule has 1 heterocycles. The van der Waals surface area contributed by atoms with Crippen LogP contribution in [-0.2, 0) is 10.1 Å². The summed E-state index contributed by atoms with van der Waals surface area (Å²) in [5.74, 6) is -1.05. The Balaban J connectivity index is 2.61. The number of nitro benzene ring substituents is 1. The molecule has 0 atom stereocenters. The van der Waals surface area contributed by atoms with Crippen LogP contribution in [0.5, 0.6) is 5.75 Å². The van der Waals surface area contributed by atoms with Gasteiger partial charge in [-0.15, -0.1) is 0 Å². The van der Waals surface area contributed by atoms with Crippen LogP contribution in [0, 0.1) is 10.1 Å². The van der Waals surface area contributed by atoms with E-state index in [2.05, 4.69) is 14.4 Å². The van der Waals surface area contributed by atoms with Gasteiger partial charge < -0.3 is 4.18 Å². The zero-order chi connectivity index (χ0) is 15.1. The zero-order valence-corrected chi connectivity index (χ0v) is 10.0. The van der Waals surface area contributed by atoms with E-state index in [1.54, 1.807) is 0 Å². The smallest absolute Gasteiger partial charge is 0.369 e. The molecule has 20 heavy (non-hydrogen) atoms. The number of aromatic amines is 1. The van der Waals surface area contributed by atoms with E-state index in [9.17, 15) is 31.7 Å². The van der Waals surface area contributed by atoms with E-state index in [1.165, 1.54) is 6.20 Å². The van der Waals surface area contributed by atoms with Gasteiger partial charge in [-0.25, -0.2) is 0 Å². The Kier molecular flexibility index (Phi) is 3.04. The van der Waals surface area contributed by atoms with Crippen molar-refractivity contribution >= 4 is 26.7 Å². The molecule has 1 aromatic carbocycles. The highest BCUT2D eigenvalue weighted by molar-refractivity contribution is 7.88. The molecular weight excluding hydrogens is 307 g/mol. The summed E-state index contributed by atoms with van der Waals surface area (Å²) in [6.07, 6.45) is 1.18. The van der Waals surface area contributed by atoms with E-state index in [1.807, 2.05) is 0 Å². The van der Waals surface area contributed by atoms with Crippen molar-refractivity contribution in [3.05, 3.63) is 28.4 Å². The number of fused-ring (bicyclic) bond motifs is 1. The lowest BCUT2D eigenvalue weighted by atomic mass is 10.2. The van der Waals surface area contributed by atoms with Gasteiger partial charge in [0.2, 0.25) is 5.75 Å². The van der Waals surface area contributed by atoms with Gasteiger partial charge in [0.05, 0.1) is 11.1 Å². The Morgan fingerprint density at radius 1 is 1.35 bits per heavy atom. The van der Waals surface area contributed by atoms with Crippen LogP contribution in [0.15, 0.2) is 18.3 Å². The third-order valence-electron chi connectivity index (χ3n) is 2.22. The molecule has 0 unspecified atom stereocenters. The second-order valence-electron chi connectivity index (χ2n) is 3.49. The Labute approximate surface area is 108 Å². The maximum absolute atomic E-state index is 12.2. The topological polar surface area (TPSA) is 115 Å². The summed E-state index contributed by atoms with van der Waals surface area (Å²) >= 11 is 0. The maximum Gasteiger partial charge on any atom is 0.534 e. The van der Waals surface area contributed by atoms with E-state index in [-0.39, 0.29) is 10.9 Å². The molecule has 0 saturated heterocycles. The van der Waals surface area contributed by atoms with Crippen LogP contribution in [0.2, 0.25) is 0 Å². The highest BCUT2D eigenvalue weighted by Crippen LogP contribution is 2.37. The van der Waals surface area contributed by atoms with E-state index in [0.29, 0.717) is 0 Å². The van der Waals surface area contributed by atoms with Crippen LogP contribution in [-0.4, -0.2) is 29.0 Å². The van der Waals surface area contributed by atoms with Crippen LogP contribution in [0.3, 0.4) is 0 Å². The molecule has 1 N–H and O–H groups in total. The predicted octanol–water partition coefficient (Wildman–Crippen LogP) is 1.70. The number of nitro groups is 1. The van der Waals surface area contributed by atoms with Gasteiger partial charge in [-0.3, -0.25) is 15.2 Å². The summed E-state index contributed by atoms with van der Waals surface area (Å²) in [5, 5.41) is 16.7. The Morgan fingerprint density at radius 3 is 2.55 bits per heavy atom. The molecule has 2 aromatic rings. The molecule has 0 amide bonds. The summed E-state index contributed by atoms with van der Waals surface area (Å²) in [5.41, 5.74) is -6.89. The molecule has 0 spiro atoms. The van der Waals surface area contributed by atoms with E-state index in [0.717, 1.165) is 12.1 Å². The van der Waals surface area contributed by atoms with Crippen molar-refractivity contribution in [2.24, 2.45) is 0 Å². The van der Waals surface area contributed by atoms with Crippen LogP contribution in [0.1, 0.15) is 0 Å². The molecule has 0 bridgehead atoms. The third kappa shape index (κ3) is 2.24. The molecule has 0 saturated carbocycles. The highest BCUT2D eigenvalue weighted by atomic mass is 32.2. The lowest BCUT2D eigenvalue weighted by Crippen LogP contribution is -2.28. The van der Waals surface area contributed by atoms with Crippen LogP contribution in [0.4, 0.5) is 18.9 Å². The average molecular weight is 311 g/mol. The van der Waals surface area contributed by atoms with Crippen LogP contribution < -0.4 is 4.18 Å². The SMILES string of the molecule is O=[N+]([O-])c1c(OS(=O)(=O)C(F)(F)F)ccc2cn[nH]c12. The summed E-state index contributed by atoms with van der Waals surface area (Å²) < 4.78 is 62.2. The molecule has 12 heteroatoms. The fourth-order valence-electron chi connectivity index (χ4n) is 1.39. The molecule has 108 valence electrons. The number of benzene rings is 1. The fraction of sp³-hybridized carbons (Fsp3) is 0.125. The first-order valence-electron chi connectivity index (χ1n) is 4.75. The second-order valence-corrected chi connectivity index (χ2v) is 5.02. The first kappa shape index (κ1) is 14.0. The third-order valence-corrected chi connectivity index (χ3v) is 3.18. The molecule has 0 aliphatic carbocycles. The van der Waals surface area contributed by atoms with Crippen molar-refractivity contribution in [3.8, 4) is 5.75 Å². The molecule has 0 aliphatic heterocycles. The normalized spacial score (nSPS) is 12.6. The minimum Gasteiger partial charge on any atom is -0.369 e. The molecule has 2 rings (SSSR count). The summed E-state index contributed by atoms with van der Waals surface area (Å²) in [6.45, 7) is 0. The Hall–Kier alpha value is -2.37. The van der Waals surface area contributed by atoms with Crippen LogP contribution in [0.25, 0.3) is 10.9 Å². The first-order valence-corrected chi connectivity index (χ1v) is 6.15. The van der Waals surface area contributed by atoms with Crippen molar-refractivity contribution < 1.29 is 30.7 Å². The Bertz CT molecular complexity index is 782. The number of hydrogen-bond donors (Lipinski definition) is 1. The van der Waals surface area contributed by atoms with Gasteiger partial charge in [0.1, 0.15) is 5.52 Å². The largest absolute Gasteiger partial charge is 0.534 e. The number of hydrogen-bond acceptors (Lipinski definition) is 6. The van der Waals surface area contributed by atoms with Gasteiger partial charge in [-0.2, -0.15) is 26.7 Å². The first-order chi connectivity index (χ1) is 9.13. The minimum atomic E-state index is -6.00. The minimum absolute atomic E-state index is 0.216. The zero-order valence-electron chi connectivity index (χ0n) is 9.21. The molecule has 1 aromatic heterocycles. The standard InChI is InChI=1S/C8H4F3N3O5S/c9-8(10,11)20(17,18)19-5-2-1-4-3-12-13-6(4)7(5)14(15)16/h1-3H,(H,12,13). The molecule has 0 fully saturated rings. The van der Waals surface area contributed by atoms with Gasteiger partial charge in [-0.05, 0) is 12.1 Å². The molecule has 0 radical (unpaired) electrons. The van der Waals surface area contributed by atoms with E-state index < -0.39 is 32.0 Å². The number of alkyl halides is 3. The molecule has 0 aliphatic rings. The Morgan fingerprint density at radius 2 is 2.00 bits per heavy atom. The van der Waals surface area contributed by atoms with Crippen molar-refractivity contribution in [1.82, 2.24) is 10.2 Å². The second kappa shape index (κ2) is 4.33. The number of nitrogens with one attached hydrogen (secondary N) is 1. The summed E-state index contributed by atoms with van der Waals surface area (Å²) in [6, 6.07) is 1.88. The number of H-pyrrole nitrogens is 1. The summed E-state index contributed by atoms with van der Waals surface area (Å²) in [7, 11) is -6.00. The number of halogens is 3. The van der Waals surface area contributed by atoms with Gasteiger partial charge in [0.25, 0.3) is 0 Å². The quantitative estimate of drug-likeness (QED) is 0.399. The lowest BCUT2D eigenvalue weighted by molar-refractivity contribution is -0.383. The molecular formula is C8H4F3N3O5S. The fourth-order valence-corrected chi connectivity index (χ4v) is 1.86. The number of rotatable bonds is 3. The van der Waals surface area contributed by atoms with E-state index in [4.69, 9.17) is 0 Å². The van der Waals surface area contributed by atoms with Crippen molar-refractivity contribution in [2.45, 2.75) is 5.51 Å². The van der Waals surface area contributed by atoms with Crippen LogP contribution >= 0.6 is 0 Å².